The van der Waals surface area contributed by atoms with Crippen molar-refractivity contribution in [3.8, 4) is 0 Å². The molecule has 1 aliphatic heterocycles. The summed E-state index contributed by atoms with van der Waals surface area (Å²) in [6.07, 6.45) is 1.59. The van der Waals surface area contributed by atoms with Gasteiger partial charge in [-0.15, -0.1) is 0 Å². The first-order valence-electron chi connectivity index (χ1n) is 6.73. The van der Waals surface area contributed by atoms with Crippen molar-refractivity contribution in [2.75, 3.05) is 19.8 Å². The molecular formula is C14H20N2O3S2. The van der Waals surface area contributed by atoms with Crippen LogP contribution in [0.3, 0.4) is 0 Å². The molecule has 1 aromatic carbocycles. The van der Waals surface area contributed by atoms with Gasteiger partial charge in [0.1, 0.15) is 6.04 Å². The molecule has 116 valence electrons. The van der Waals surface area contributed by atoms with Gasteiger partial charge >= 0.3 is 0 Å². The normalized spacial score (nSPS) is 23.2. The van der Waals surface area contributed by atoms with Crippen LogP contribution in [0.15, 0.2) is 30.3 Å². The van der Waals surface area contributed by atoms with Crippen LogP contribution in [0.2, 0.25) is 0 Å². The zero-order valence-corrected chi connectivity index (χ0v) is 13.8. The number of sulfonamides is 1. The minimum absolute atomic E-state index is 0.0983. The van der Waals surface area contributed by atoms with Crippen LogP contribution in [0.25, 0.3) is 0 Å². The quantitative estimate of drug-likeness (QED) is 0.838. The average molecular weight is 328 g/mol. The Hall–Kier alpha value is -1.05. The van der Waals surface area contributed by atoms with E-state index in [4.69, 9.17) is 0 Å². The number of rotatable bonds is 4. The standard InChI is InChI=1S/C14H20N2O3S2/c1-15(9-11-6-4-3-5-7-11)14(17)13-8-12(20)10-16(13)21(2,18)19/h3-7,12-13,20H,8-10H2,1-2H3/t12-,13-/m1/s1. The van der Waals surface area contributed by atoms with Crippen LogP contribution >= 0.6 is 12.6 Å². The van der Waals surface area contributed by atoms with Gasteiger partial charge < -0.3 is 4.90 Å². The van der Waals surface area contributed by atoms with Gasteiger partial charge in [-0.05, 0) is 12.0 Å². The number of amides is 1. The van der Waals surface area contributed by atoms with Crippen molar-refractivity contribution in [3.63, 3.8) is 0 Å². The summed E-state index contributed by atoms with van der Waals surface area (Å²) < 4.78 is 24.9. The van der Waals surface area contributed by atoms with E-state index in [0.717, 1.165) is 11.8 Å². The Bertz CT molecular complexity index is 604. The number of likely N-dealkylation sites (N-methyl/N-ethyl adjacent to an activating group) is 1. The third kappa shape index (κ3) is 3.99. The average Bonchev–Trinajstić information content (AvgIpc) is 2.81. The van der Waals surface area contributed by atoms with Gasteiger partial charge in [0.15, 0.2) is 0 Å². The van der Waals surface area contributed by atoms with Crippen LogP contribution < -0.4 is 0 Å². The van der Waals surface area contributed by atoms with Crippen LogP contribution in [0.1, 0.15) is 12.0 Å². The summed E-state index contributed by atoms with van der Waals surface area (Å²) >= 11 is 4.33. The molecule has 0 bridgehead atoms. The Kier molecular flexibility index (Phi) is 4.95. The van der Waals surface area contributed by atoms with Crippen LogP contribution in [-0.2, 0) is 21.4 Å². The maximum absolute atomic E-state index is 12.5. The summed E-state index contributed by atoms with van der Waals surface area (Å²) in [5, 5.41) is -0.0983. The van der Waals surface area contributed by atoms with E-state index in [1.54, 1.807) is 11.9 Å². The van der Waals surface area contributed by atoms with Gasteiger partial charge in [-0.2, -0.15) is 16.9 Å². The van der Waals surface area contributed by atoms with E-state index in [2.05, 4.69) is 12.6 Å². The number of carbonyl (C=O) groups excluding carboxylic acids is 1. The molecule has 7 heteroatoms. The maximum atomic E-state index is 12.5. The second-order valence-electron chi connectivity index (χ2n) is 5.42. The van der Waals surface area contributed by atoms with Crippen LogP contribution in [-0.4, -0.2) is 54.7 Å². The third-order valence-corrected chi connectivity index (χ3v) is 5.21. The van der Waals surface area contributed by atoms with E-state index in [1.807, 2.05) is 30.3 Å². The summed E-state index contributed by atoms with van der Waals surface area (Å²) in [5.74, 6) is -0.180. The Balaban J connectivity index is 2.11. The van der Waals surface area contributed by atoms with Crippen molar-refractivity contribution >= 4 is 28.6 Å². The zero-order valence-electron chi connectivity index (χ0n) is 12.1. The molecule has 5 nitrogen and oxygen atoms in total. The predicted molar refractivity (Wildman–Crippen MR) is 85.6 cm³/mol. The van der Waals surface area contributed by atoms with Crippen molar-refractivity contribution in [1.82, 2.24) is 9.21 Å². The maximum Gasteiger partial charge on any atom is 0.241 e. The Morgan fingerprint density at radius 3 is 2.57 bits per heavy atom. The lowest BCUT2D eigenvalue weighted by molar-refractivity contribution is -0.133. The topological polar surface area (TPSA) is 57.7 Å². The molecule has 0 aromatic heterocycles. The molecule has 1 fully saturated rings. The number of carbonyl (C=O) groups is 1. The number of hydrogen-bond donors (Lipinski definition) is 1. The summed E-state index contributed by atoms with van der Waals surface area (Å²) in [6.45, 7) is 0.753. The predicted octanol–water partition coefficient (Wildman–Crippen LogP) is 0.977. The number of hydrogen-bond acceptors (Lipinski definition) is 4. The van der Waals surface area contributed by atoms with E-state index in [0.29, 0.717) is 13.0 Å². The van der Waals surface area contributed by atoms with Gasteiger partial charge in [-0.1, -0.05) is 30.3 Å². The molecule has 0 spiro atoms. The van der Waals surface area contributed by atoms with Gasteiger partial charge in [0.25, 0.3) is 0 Å². The minimum Gasteiger partial charge on any atom is -0.340 e. The molecule has 1 aliphatic rings. The second kappa shape index (κ2) is 6.37. The number of thiol groups is 1. The first-order valence-corrected chi connectivity index (χ1v) is 9.09. The molecule has 0 radical (unpaired) electrons. The fraction of sp³-hybridized carbons (Fsp3) is 0.500. The summed E-state index contributed by atoms with van der Waals surface area (Å²) in [7, 11) is -1.70. The van der Waals surface area contributed by atoms with E-state index < -0.39 is 16.1 Å². The molecule has 1 saturated heterocycles. The van der Waals surface area contributed by atoms with E-state index in [-0.39, 0.29) is 17.7 Å². The summed E-state index contributed by atoms with van der Waals surface area (Å²) in [5.41, 5.74) is 1.01. The molecule has 1 heterocycles. The van der Waals surface area contributed by atoms with Gasteiger partial charge in [0, 0.05) is 25.4 Å². The molecular weight excluding hydrogens is 308 g/mol. The van der Waals surface area contributed by atoms with E-state index in [1.165, 1.54) is 4.31 Å². The highest BCUT2D eigenvalue weighted by Gasteiger charge is 2.41. The minimum atomic E-state index is -3.40. The van der Waals surface area contributed by atoms with Crippen molar-refractivity contribution in [1.29, 1.82) is 0 Å². The highest BCUT2D eigenvalue weighted by molar-refractivity contribution is 7.88. The van der Waals surface area contributed by atoms with Gasteiger partial charge in [0.2, 0.25) is 15.9 Å². The van der Waals surface area contributed by atoms with Gasteiger partial charge in [-0.3, -0.25) is 4.79 Å². The smallest absolute Gasteiger partial charge is 0.241 e. The fourth-order valence-corrected chi connectivity index (χ4v) is 4.14. The highest BCUT2D eigenvalue weighted by atomic mass is 32.2. The molecule has 1 aromatic rings. The lowest BCUT2D eigenvalue weighted by atomic mass is 10.1. The highest BCUT2D eigenvalue weighted by Crippen LogP contribution is 2.26. The molecule has 0 unspecified atom stereocenters. The van der Waals surface area contributed by atoms with Crippen LogP contribution in [0.5, 0.6) is 0 Å². The molecule has 0 saturated carbocycles. The molecule has 0 N–H and O–H groups in total. The first-order chi connectivity index (χ1) is 9.79. The fourth-order valence-electron chi connectivity index (χ4n) is 2.56. The molecule has 21 heavy (non-hydrogen) atoms. The first kappa shape index (κ1) is 16.3. The largest absolute Gasteiger partial charge is 0.340 e. The van der Waals surface area contributed by atoms with Crippen molar-refractivity contribution in [3.05, 3.63) is 35.9 Å². The van der Waals surface area contributed by atoms with Crippen molar-refractivity contribution in [2.24, 2.45) is 0 Å². The summed E-state index contributed by atoms with van der Waals surface area (Å²) in [6, 6.07) is 8.98. The van der Waals surface area contributed by atoms with Crippen LogP contribution in [0, 0.1) is 0 Å². The third-order valence-electron chi connectivity index (χ3n) is 3.58. The van der Waals surface area contributed by atoms with Crippen LogP contribution in [0.4, 0.5) is 0 Å². The van der Waals surface area contributed by atoms with Gasteiger partial charge in [0.05, 0.1) is 6.26 Å². The second-order valence-corrected chi connectivity index (χ2v) is 8.08. The van der Waals surface area contributed by atoms with E-state index >= 15 is 0 Å². The van der Waals surface area contributed by atoms with Crippen molar-refractivity contribution < 1.29 is 13.2 Å². The Morgan fingerprint density at radius 2 is 2.00 bits per heavy atom. The lowest BCUT2D eigenvalue weighted by Crippen LogP contribution is -2.45. The SMILES string of the molecule is CN(Cc1ccccc1)C(=O)[C@H]1C[C@@H](S)CN1S(C)(=O)=O. The molecule has 0 aliphatic carbocycles. The molecule has 2 rings (SSSR count). The number of benzene rings is 1. The zero-order chi connectivity index (χ0) is 15.6. The summed E-state index contributed by atoms with van der Waals surface area (Å²) in [4.78, 5) is 14.1. The Morgan fingerprint density at radius 1 is 1.38 bits per heavy atom. The lowest BCUT2D eigenvalue weighted by Gasteiger charge is -2.26. The molecule has 2 atom stereocenters. The van der Waals surface area contributed by atoms with E-state index in [9.17, 15) is 13.2 Å². The number of nitrogens with zero attached hydrogens (tertiary/aromatic N) is 2. The molecule has 1 amide bonds. The Labute approximate surface area is 131 Å². The monoisotopic (exact) mass is 328 g/mol. The van der Waals surface area contributed by atoms with Gasteiger partial charge in [-0.25, -0.2) is 8.42 Å². The van der Waals surface area contributed by atoms with Crippen molar-refractivity contribution in [2.45, 2.75) is 24.3 Å².